The van der Waals surface area contributed by atoms with Crippen LogP contribution in [0.5, 0.6) is 0 Å². The highest BCUT2D eigenvalue weighted by Gasteiger charge is 2.23. The van der Waals surface area contributed by atoms with E-state index in [9.17, 15) is 17.2 Å². The maximum absolute atomic E-state index is 13.4. The summed E-state index contributed by atoms with van der Waals surface area (Å²) in [5.41, 5.74) is 4.85. The summed E-state index contributed by atoms with van der Waals surface area (Å²) in [4.78, 5) is -0.625. The molecule has 3 N–H and O–H groups in total. The summed E-state index contributed by atoms with van der Waals surface area (Å²) in [7, 11) is -4.07. The van der Waals surface area contributed by atoms with Crippen LogP contribution < -0.4 is 10.5 Å². The Morgan fingerprint density at radius 2 is 1.89 bits per heavy atom. The lowest BCUT2D eigenvalue weighted by molar-refractivity contribution is 0.493. The van der Waals surface area contributed by atoms with E-state index in [1.54, 1.807) is 13.8 Å². The molecule has 1 aromatic carbocycles. The van der Waals surface area contributed by atoms with Gasteiger partial charge in [-0.3, -0.25) is 0 Å². The monoisotopic (exact) mass is 342 g/mol. The maximum Gasteiger partial charge on any atom is 0.243 e. The van der Waals surface area contributed by atoms with E-state index in [1.165, 1.54) is 0 Å². The van der Waals surface area contributed by atoms with Crippen LogP contribution in [0.15, 0.2) is 21.5 Å². The molecule has 1 aromatic rings. The number of nitrogens with two attached hydrogens (primary N) is 1. The molecule has 0 atom stereocenters. The third-order valence-electron chi connectivity index (χ3n) is 1.98. The van der Waals surface area contributed by atoms with Gasteiger partial charge in [0.25, 0.3) is 0 Å². The Labute approximate surface area is 113 Å². The third-order valence-corrected chi connectivity index (χ3v) is 4.01. The van der Waals surface area contributed by atoms with E-state index < -0.39 is 32.1 Å². The molecule has 0 aromatic heterocycles. The second kappa shape index (κ2) is 5.20. The van der Waals surface area contributed by atoms with Crippen molar-refractivity contribution < 1.29 is 17.2 Å². The zero-order valence-electron chi connectivity index (χ0n) is 9.80. The van der Waals surface area contributed by atoms with Crippen LogP contribution in [-0.2, 0) is 10.0 Å². The smallest absolute Gasteiger partial charge is 0.243 e. The van der Waals surface area contributed by atoms with Crippen molar-refractivity contribution in [2.24, 2.45) is 5.73 Å². The van der Waals surface area contributed by atoms with Crippen molar-refractivity contribution in [3.63, 3.8) is 0 Å². The Hall–Kier alpha value is -0.570. The van der Waals surface area contributed by atoms with Gasteiger partial charge in [-0.1, -0.05) is 0 Å². The lowest BCUT2D eigenvalue weighted by Crippen LogP contribution is -2.45. The summed E-state index contributed by atoms with van der Waals surface area (Å²) in [6.07, 6.45) is 0. The first-order valence-corrected chi connectivity index (χ1v) is 7.24. The van der Waals surface area contributed by atoms with Gasteiger partial charge >= 0.3 is 0 Å². The zero-order chi connectivity index (χ0) is 14.1. The molecule has 0 spiro atoms. The number of benzene rings is 1. The van der Waals surface area contributed by atoms with E-state index in [-0.39, 0.29) is 11.0 Å². The van der Waals surface area contributed by atoms with Crippen LogP contribution in [0.2, 0.25) is 0 Å². The van der Waals surface area contributed by atoms with Crippen LogP contribution in [0, 0.1) is 11.6 Å². The molecule has 0 saturated heterocycles. The number of halogens is 3. The summed E-state index contributed by atoms with van der Waals surface area (Å²) in [6, 6.07) is 1.38. The molecule has 0 saturated carbocycles. The van der Waals surface area contributed by atoms with Crippen molar-refractivity contribution in [1.82, 2.24) is 4.72 Å². The maximum atomic E-state index is 13.4. The van der Waals surface area contributed by atoms with Gasteiger partial charge in [-0.15, -0.1) is 0 Å². The normalized spacial score (nSPS) is 12.8. The van der Waals surface area contributed by atoms with Gasteiger partial charge in [-0.05, 0) is 35.8 Å². The molecule has 0 heterocycles. The fourth-order valence-corrected chi connectivity index (χ4v) is 2.87. The first-order valence-electron chi connectivity index (χ1n) is 4.96. The quantitative estimate of drug-likeness (QED) is 0.818. The fraction of sp³-hybridized carbons (Fsp3) is 0.400. The second-order valence-corrected chi connectivity index (χ2v) is 7.10. The van der Waals surface area contributed by atoms with Gasteiger partial charge in [0.05, 0.1) is 4.47 Å². The van der Waals surface area contributed by atoms with E-state index in [0.29, 0.717) is 6.07 Å². The van der Waals surface area contributed by atoms with Gasteiger partial charge in [0, 0.05) is 18.2 Å². The van der Waals surface area contributed by atoms with Gasteiger partial charge in [0.15, 0.2) is 0 Å². The molecule has 0 aliphatic rings. The summed E-state index contributed by atoms with van der Waals surface area (Å²) in [5.74, 6) is -2.02. The summed E-state index contributed by atoms with van der Waals surface area (Å²) in [5, 5.41) is 0. The molecule has 8 heteroatoms. The molecule has 18 heavy (non-hydrogen) atoms. The van der Waals surface area contributed by atoms with Crippen molar-refractivity contribution in [3.8, 4) is 0 Å². The molecule has 0 aliphatic heterocycles. The number of hydrogen-bond donors (Lipinski definition) is 2. The molecule has 4 nitrogen and oxygen atoms in total. The largest absolute Gasteiger partial charge is 0.324 e. The van der Waals surface area contributed by atoms with Crippen molar-refractivity contribution in [3.05, 3.63) is 28.2 Å². The van der Waals surface area contributed by atoms with E-state index in [2.05, 4.69) is 20.7 Å². The van der Waals surface area contributed by atoms with E-state index in [1.807, 2.05) is 0 Å². The summed E-state index contributed by atoms with van der Waals surface area (Å²) >= 11 is 2.80. The average molecular weight is 343 g/mol. The van der Waals surface area contributed by atoms with Crippen LogP contribution in [0.1, 0.15) is 13.8 Å². The summed E-state index contributed by atoms with van der Waals surface area (Å²) in [6.45, 7) is 3.17. The molecule has 0 unspecified atom stereocenters. The van der Waals surface area contributed by atoms with Gasteiger partial charge < -0.3 is 5.73 Å². The van der Waals surface area contributed by atoms with Crippen LogP contribution in [0.4, 0.5) is 8.78 Å². The molecule has 0 bridgehead atoms. The van der Waals surface area contributed by atoms with Crippen molar-refractivity contribution in [2.45, 2.75) is 24.3 Å². The molecule has 0 aliphatic carbocycles. The predicted octanol–water partition coefficient (Wildman–Crippen LogP) is 1.74. The lowest BCUT2D eigenvalue weighted by Gasteiger charge is -2.19. The van der Waals surface area contributed by atoms with Crippen molar-refractivity contribution in [2.75, 3.05) is 6.54 Å². The molecule has 1 rings (SSSR count). The van der Waals surface area contributed by atoms with Crippen molar-refractivity contribution >= 4 is 26.0 Å². The zero-order valence-corrected chi connectivity index (χ0v) is 12.2. The second-order valence-electron chi connectivity index (χ2n) is 4.51. The minimum atomic E-state index is -4.07. The third kappa shape index (κ3) is 3.98. The SMILES string of the molecule is CC(C)(N)CNS(=O)(=O)c1cc(Br)c(F)cc1F. The van der Waals surface area contributed by atoms with E-state index >= 15 is 0 Å². The standard InChI is InChI=1S/C10H13BrF2N2O2S/c1-10(2,14)5-15-18(16,17)9-3-6(11)7(12)4-8(9)13/h3-4,15H,5,14H2,1-2H3. The molecule has 102 valence electrons. The van der Waals surface area contributed by atoms with Gasteiger partial charge in [-0.25, -0.2) is 21.9 Å². The minimum absolute atomic E-state index is 0.0657. The van der Waals surface area contributed by atoms with Gasteiger partial charge in [0.1, 0.15) is 16.5 Å². The Kier molecular flexibility index (Phi) is 4.47. The highest BCUT2D eigenvalue weighted by atomic mass is 79.9. The Morgan fingerprint density at radius 3 is 2.39 bits per heavy atom. The minimum Gasteiger partial charge on any atom is -0.324 e. The Morgan fingerprint density at radius 1 is 1.33 bits per heavy atom. The van der Waals surface area contributed by atoms with Crippen LogP contribution in [0.3, 0.4) is 0 Å². The number of rotatable bonds is 4. The van der Waals surface area contributed by atoms with Crippen LogP contribution >= 0.6 is 15.9 Å². The highest BCUT2D eigenvalue weighted by Crippen LogP contribution is 2.23. The lowest BCUT2D eigenvalue weighted by atomic mass is 10.1. The topological polar surface area (TPSA) is 72.2 Å². The number of nitrogens with one attached hydrogen (secondary N) is 1. The van der Waals surface area contributed by atoms with Crippen molar-refractivity contribution in [1.29, 1.82) is 0 Å². The van der Waals surface area contributed by atoms with Gasteiger partial charge in [0.2, 0.25) is 10.0 Å². The Bertz CT molecular complexity index is 556. The highest BCUT2D eigenvalue weighted by molar-refractivity contribution is 9.10. The van der Waals surface area contributed by atoms with Crippen LogP contribution in [-0.4, -0.2) is 20.5 Å². The molecule has 0 radical (unpaired) electrons. The number of hydrogen-bond acceptors (Lipinski definition) is 3. The fourth-order valence-electron chi connectivity index (χ4n) is 1.07. The van der Waals surface area contributed by atoms with E-state index in [4.69, 9.17) is 5.73 Å². The molecular formula is C10H13BrF2N2O2S. The first kappa shape index (κ1) is 15.5. The molecule has 0 amide bonds. The first-order chi connectivity index (χ1) is 8.03. The average Bonchev–Trinajstić information content (AvgIpc) is 2.19. The van der Waals surface area contributed by atoms with E-state index in [0.717, 1.165) is 6.07 Å². The van der Waals surface area contributed by atoms with Gasteiger partial charge in [-0.2, -0.15) is 0 Å². The molecule has 0 fully saturated rings. The predicted molar refractivity (Wildman–Crippen MR) is 67.5 cm³/mol. The number of sulfonamides is 1. The Balaban J connectivity index is 3.10. The summed E-state index contributed by atoms with van der Waals surface area (Å²) < 4.78 is 52.1. The molecular weight excluding hydrogens is 330 g/mol. The van der Waals surface area contributed by atoms with Crippen LogP contribution in [0.25, 0.3) is 0 Å².